The fourth-order valence-corrected chi connectivity index (χ4v) is 5.45. The van der Waals surface area contributed by atoms with E-state index in [4.69, 9.17) is 5.11 Å². The second-order valence-corrected chi connectivity index (χ2v) is 6.97. The second kappa shape index (κ2) is 3.89. The van der Waals surface area contributed by atoms with Crippen LogP contribution in [0.25, 0.3) is 0 Å². The summed E-state index contributed by atoms with van der Waals surface area (Å²) in [4.78, 5) is 10.7. The fraction of sp³-hybridized carbons (Fsp3) is 0.929. The molecular formula is C14H23NO2. The van der Waals surface area contributed by atoms with Crippen molar-refractivity contribution in [3.05, 3.63) is 0 Å². The van der Waals surface area contributed by atoms with Crippen LogP contribution in [0.4, 0.5) is 4.79 Å². The first-order chi connectivity index (χ1) is 8.05. The van der Waals surface area contributed by atoms with Crippen molar-refractivity contribution < 1.29 is 9.90 Å². The molecule has 2 N–H and O–H groups in total. The Labute approximate surface area is 103 Å². The van der Waals surface area contributed by atoms with Gasteiger partial charge in [0.1, 0.15) is 0 Å². The van der Waals surface area contributed by atoms with Gasteiger partial charge in [-0.25, -0.2) is 4.79 Å². The molecule has 96 valence electrons. The minimum atomic E-state index is -0.873. The van der Waals surface area contributed by atoms with Crippen molar-refractivity contribution in [1.82, 2.24) is 5.32 Å². The van der Waals surface area contributed by atoms with Crippen LogP contribution in [-0.2, 0) is 0 Å². The lowest BCUT2D eigenvalue weighted by atomic mass is 9.48. The van der Waals surface area contributed by atoms with Crippen LogP contribution in [0.3, 0.4) is 0 Å². The van der Waals surface area contributed by atoms with Crippen LogP contribution in [0.5, 0.6) is 0 Å². The van der Waals surface area contributed by atoms with E-state index in [9.17, 15) is 4.79 Å². The highest BCUT2D eigenvalue weighted by Gasteiger charge is 2.50. The van der Waals surface area contributed by atoms with Crippen molar-refractivity contribution in [1.29, 1.82) is 0 Å². The lowest BCUT2D eigenvalue weighted by molar-refractivity contribution is -0.0608. The predicted molar refractivity (Wildman–Crippen MR) is 65.8 cm³/mol. The van der Waals surface area contributed by atoms with E-state index in [-0.39, 0.29) is 6.04 Å². The Morgan fingerprint density at radius 3 is 2.12 bits per heavy atom. The van der Waals surface area contributed by atoms with Gasteiger partial charge >= 0.3 is 6.09 Å². The van der Waals surface area contributed by atoms with Crippen LogP contribution in [0.2, 0.25) is 0 Å². The van der Waals surface area contributed by atoms with Gasteiger partial charge in [0.2, 0.25) is 0 Å². The quantitative estimate of drug-likeness (QED) is 0.791. The summed E-state index contributed by atoms with van der Waals surface area (Å²) >= 11 is 0. The number of rotatable bonds is 3. The van der Waals surface area contributed by atoms with E-state index in [1.54, 1.807) is 0 Å². The molecule has 4 rings (SSSR count). The van der Waals surface area contributed by atoms with Gasteiger partial charge < -0.3 is 10.4 Å². The standard InChI is InChI=1S/C14H23NO2/c1-9(15-13(16)17)5-14-6-10-2-11(7-14)4-12(3-10)8-14/h9-12,15H,2-8H2,1H3,(H,16,17). The Bertz CT molecular complexity index is 291. The van der Waals surface area contributed by atoms with Gasteiger partial charge in [0, 0.05) is 6.04 Å². The average molecular weight is 237 g/mol. The number of hydrogen-bond acceptors (Lipinski definition) is 1. The third kappa shape index (κ3) is 2.16. The molecule has 4 aliphatic rings. The highest BCUT2D eigenvalue weighted by Crippen LogP contribution is 2.61. The average Bonchev–Trinajstić information content (AvgIpc) is 2.11. The molecule has 0 heterocycles. The van der Waals surface area contributed by atoms with Gasteiger partial charge in [0.15, 0.2) is 0 Å². The number of amides is 1. The van der Waals surface area contributed by atoms with Crippen molar-refractivity contribution in [3.8, 4) is 0 Å². The van der Waals surface area contributed by atoms with Crippen molar-refractivity contribution >= 4 is 6.09 Å². The normalized spacial score (nSPS) is 44.6. The highest BCUT2D eigenvalue weighted by atomic mass is 16.4. The van der Waals surface area contributed by atoms with E-state index in [0.717, 1.165) is 24.2 Å². The van der Waals surface area contributed by atoms with E-state index in [2.05, 4.69) is 5.32 Å². The third-order valence-electron chi connectivity index (χ3n) is 5.27. The Kier molecular flexibility index (Phi) is 2.60. The van der Waals surface area contributed by atoms with Crippen molar-refractivity contribution in [2.24, 2.45) is 23.2 Å². The SMILES string of the molecule is CC(CC12CC3CC(CC(C3)C1)C2)NC(=O)O. The molecule has 0 aliphatic heterocycles. The highest BCUT2D eigenvalue weighted by molar-refractivity contribution is 5.64. The molecule has 0 radical (unpaired) electrons. The van der Waals surface area contributed by atoms with Crippen molar-refractivity contribution in [3.63, 3.8) is 0 Å². The molecule has 1 unspecified atom stereocenters. The molecule has 0 aromatic heterocycles. The van der Waals surface area contributed by atoms with E-state index in [1.165, 1.54) is 38.5 Å². The summed E-state index contributed by atoms with van der Waals surface area (Å²) in [7, 11) is 0. The number of nitrogens with one attached hydrogen (secondary N) is 1. The fourth-order valence-electron chi connectivity index (χ4n) is 5.45. The first-order valence-electron chi connectivity index (χ1n) is 7.04. The zero-order valence-corrected chi connectivity index (χ0v) is 10.6. The molecule has 1 amide bonds. The lowest BCUT2D eigenvalue weighted by Crippen LogP contribution is -2.48. The van der Waals surface area contributed by atoms with Gasteiger partial charge in [0.05, 0.1) is 0 Å². The summed E-state index contributed by atoms with van der Waals surface area (Å²) in [6.07, 6.45) is 8.66. The number of carboxylic acid groups (broad SMARTS) is 1. The molecule has 4 aliphatic carbocycles. The van der Waals surface area contributed by atoms with Gasteiger partial charge in [-0.2, -0.15) is 0 Å². The summed E-state index contributed by atoms with van der Waals surface area (Å²) < 4.78 is 0. The summed E-state index contributed by atoms with van der Waals surface area (Å²) in [6, 6.07) is 0.115. The van der Waals surface area contributed by atoms with E-state index in [0.29, 0.717) is 5.41 Å². The zero-order valence-electron chi connectivity index (χ0n) is 10.6. The third-order valence-corrected chi connectivity index (χ3v) is 5.27. The van der Waals surface area contributed by atoms with Crippen molar-refractivity contribution in [2.75, 3.05) is 0 Å². The molecule has 1 atom stereocenters. The molecule has 0 aromatic rings. The van der Waals surface area contributed by atoms with Crippen LogP contribution in [0.15, 0.2) is 0 Å². The maximum absolute atomic E-state index is 10.7. The molecule has 3 heteroatoms. The van der Waals surface area contributed by atoms with E-state index >= 15 is 0 Å². The molecule has 17 heavy (non-hydrogen) atoms. The second-order valence-electron chi connectivity index (χ2n) is 6.97. The van der Waals surface area contributed by atoms with Crippen molar-refractivity contribution in [2.45, 2.75) is 57.9 Å². The van der Waals surface area contributed by atoms with Crippen LogP contribution >= 0.6 is 0 Å². The maximum atomic E-state index is 10.7. The van der Waals surface area contributed by atoms with Crippen LogP contribution in [0, 0.1) is 23.2 Å². The van der Waals surface area contributed by atoms with Gasteiger partial charge in [0.25, 0.3) is 0 Å². The van der Waals surface area contributed by atoms with Crippen LogP contribution in [0.1, 0.15) is 51.9 Å². The van der Waals surface area contributed by atoms with Gasteiger partial charge in [-0.3, -0.25) is 0 Å². The minimum Gasteiger partial charge on any atom is -0.465 e. The maximum Gasteiger partial charge on any atom is 0.404 e. The lowest BCUT2D eigenvalue weighted by Gasteiger charge is -2.57. The van der Waals surface area contributed by atoms with Crippen LogP contribution in [-0.4, -0.2) is 17.2 Å². The first kappa shape index (κ1) is 11.4. The summed E-state index contributed by atoms with van der Waals surface area (Å²) in [5, 5.41) is 11.4. The Balaban J connectivity index is 1.67. The zero-order chi connectivity index (χ0) is 12.0. The van der Waals surface area contributed by atoms with Crippen LogP contribution < -0.4 is 5.32 Å². The van der Waals surface area contributed by atoms with Gasteiger partial charge in [-0.1, -0.05) is 0 Å². The Morgan fingerprint density at radius 1 is 1.24 bits per heavy atom. The molecule has 4 fully saturated rings. The van der Waals surface area contributed by atoms with E-state index in [1.807, 2.05) is 6.92 Å². The number of carbonyl (C=O) groups is 1. The summed E-state index contributed by atoms with van der Waals surface area (Å²) in [6.45, 7) is 2.02. The smallest absolute Gasteiger partial charge is 0.404 e. The molecule has 4 saturated carbocycles. The Hall–Kier alpha value is -0.730. The number of hydrogen-bond donors (Lipinski definition) is 2. The van der Waals surface area contributed by atoms with E-state index < -0.39 is 6.09 Å². The Morgan fingerprint density at radius 2 is 1.71 bits per heavy atom. The first-order valence-corrected chi connectivity index (χ1v) is 7.04. The monoisotopic (exact) mass is 237 g/mol. The summed E-state index contributed by atoms with van der Waals surface area (Å²) in [5.41, 5.74) is 0.483. The molecule has 0 aromatic carbocycles. The summed E-state index contributed by atoms with van der Waals surface area (Å²) in [5.74, 6) is 2.87. The molecule has 0 saturated heterocycles. The molecular weight excluding hydrogens is 214 g/mol. The molecule has 0 spiro atoms. The molecule has 4 bridgehead atoms. The minimum absolute atomic E-state index is 0.115. The largest absolute Gasteiger partial charge is 0.465 e. The topological polar surface area (TPSA) is 49.3 Å². The molecule has 3 nitrogen and oxygen atoms in total. The predicted octanol–water partition coefficient (Wildman–Crippen LogP) is 3.25. The van der Waals surface area contributed by atoms with Gasteiger partial charge in [-0.05, 0) is 75.0 Å². The van der Waals surface area contributed by atoms with Gasteiger partial charge in [-0.15, -0.1) is 0 Å².